The van der Waals surface area contributed by atoms with Crippen LogP contribution in [0.3, 0.4) is 0 Å². The zero-order valence-electron chi connectivity index (χ0n) is 19.6. The number of carbonyl (C=O) groups excluding carboxylic acids is 1. The maximum Gasteiger partial charge on any atom is 0.246 e. The molecule has 174 valence electrons. The van der Waals surface area contributed by atoms with Crippen LogP contribution in [0, 0.1) is 11.3 Å². The number of methoxy groups -OCH3 is 1. The normalized spacial score (nSPS) is 14.6. The van der Waals surface area contributed by atoms with E-state index in [1.54, 1.807) is 13.2 Å². The van der Waals surface area contributed by atoms with Crippen LogP contribution in [0.25, 0.3) is 6.08 Å². The van der Waals surface area contributed by atoms with Crippen LogP contribution in [0.5, 0.6) is 11.5 Å². The van der Waals surface area contributed by atoms with Crippen LogP contribution < -0.4 is 9.47 Å². The Hall–Kier alpha value is -3.30. The second-order valence-corrected chi connectivity index (χ2v) is 8.21. The molecule has 0 saturated carbocycles. The molecule has 6 heteroatoms. The van der Waals surface area contributed by atoms with Crippen LogP contribution in [-0.2, 0) is 11.3 Å². The molecule has 0 aliphatic carbocycles. The summed E-state index contributed by atoms with van der Waals surface area (Å²) in [6, 6.07) is 15.6. The van der Waals surface area contributed by atoms with Gasteiger partial charge in [-0.05, 0) is 54.3 Å². The second kappa shape index (κ2) is 12.7. The number of amides is 1. The van der Waals surface area contributed by atoms with E-state index in [9.17, 15) is 4.79 Å². The molecule has 1 aliphatic heterocycles. The van der Waals surface area contributed by atoms with Crippen molar-refractivity contribution in [3.05, 3.63) is 65.2 Å². The van der Waals surface area contributed by atoms with Crippen molar-refractivity contribution in [2.45, 2.75) is 32.7 Å². The van der Waals surface area contributed by atoms with Gasteiger partial charge in [-0.15, -0.1) is 0 Å². The zero-order chi connectivity index (χ0) is 23.5. The highest BCUT2D eigenvalue weighted by Gasteiger charge is 2.17. The van der Waals surface area contributed by atoms with E-state index < -0.39 is 0 Å². The molecule has 3 rings (SSSR count). The number of hydrogen-bond acceptors (Lipinski definition) is 5. The Balaban J connectivity index is 1.54. The van der Waals surface area contributed by atoms with E-state index in [1.165, 1.54) is 5.56 Å². The van der Waals surface area contributed by atoms with Crippen molar-refractivity contribution in [3.8, 4) is 17.6 Å². The predicted octanol–water partition coefficient (Wildman–Crippen LogP) is 4.49. The van der Waals surface area contributed by atoms with Gasteiger partial charge in [-0.3, -0.25) is 9.69 Å². The minimum absolute atomic E-state index is 0.0254. The summed E-state index contributed by atoms with van der Waals surface area (Å²) in [4.78, 5) is 17.1. The third-order valence-corrected chi connectivity index (χ3v) is 5.75. The van der Waals surface area contributed by atoms with Gasteiger partial charge in [0, 0.05) is 38.8 Å². The van der Waals surface area contributed by atoms with Gasteiger partial charge in [0.2, 0.25) is 5.91 Å². The fourth-order valence-electron chi connectivity index (χ4n) is 3.80. The molecule has 6 nitrogen and oxygen atoms in total. The molecule has 0 atom stereocenters. The first kappa shape index (κ1) is 24.3. The Morgan fingerprint density at radius 3 is 2.64 bits per heavy atom. The van der Waals surface area contributed by atoms with Gasteiger partial charge < -0.3 is 14.4 Å². The van der Waals surface area contributed by atoms with Crippen LogP contribution >= 0.6 is 0 Å². The topological polar surface area (TPSA) is 65.8 Å². The molecule has 1 saturated heterocycles. The summed E-state index contributed by atoms with van der Waals surface area (Å²) in [5.41, 5.74) is 2.76. The van der Waals surface area contributed by atoms with Gasteiger partial charge >= 0.3 is 0 Å². The lowest BCUT2D eigenvalue weighted by Crippen LogP contribution is -2.34. The molecular weight excluding hydrogens is 414 g/mol. The van der Waals surface area contributed by atoms with Crippen molar-refractivity contribution in [3.63, 3.8) is 0 Å². The fraction of sp³-hybridized carbons (Fsp3) is 0.407. The average molecular weight is 448 g/mol. The van der Waals surface area contributed by atoms with Crippen LogP contribution in [0.1, 0.15) is 42.9 Å². The number of nitrogens with zero attached hydrogens (tertiary/aromatic N) is 3. The monoisotopic (exact) mass is 447 g/mol. The number of carbonyl (C=O) groups is 1. The van der Waals surface area contributed by atoms with Gasteiger partial charge in [0.05, 0.1) is 25.3 Å². The van der Waals surface area contributed by atoms with E-state index in [0.29, 0.717) is 24.5 Å². The standard InChI is InChI=1S/C27H33N3O3/c1-3-4-18-33-25-12-10-22(19-26(25)32-2)11-13-27(31)30-15-5-14-29(16-17-30)21-24-8-6-23(20-28)7-9-24/h6-13,19H,3-5,14-18,21H2,1-2H3/b13-11+. The fourth-order valence-corrected chi connectivity index (χ4v) is 3.80. The van der Waals surface area contributed by atoms with Gasteiger partial charge in [-0.25, -0.2) is 0 Å². The third kappa shape index (κ3) is 7.37. The van der Waals surface area contributed by atoms with Crippen LogP contribution in [0.2, 0.25) is 0 Å². The lowest BCUT2D eigenvalue weighted by Gasteiger charge is -2.21. The molecule has 1 aliphatic rings. The summed E-state index contributed by atoms with van der Waals surface area (Å²) < 4.78 is 11.2. The van der Waals surface area contributed by atoms with Crippen LogP contribution in [0.4, 0.5) is 0 Å². The van der Waals surface area contributed by atoms with Gasteiger partial charge in [-0.2, -0.15) is 5.26 Å². The molecule has 0 unspecified atom stereocenters. The number of ether oxygens (including phenoxy) is 2. The molecule has 2 aromatic carbocycles. The van der Waals surface area contributed by atoms with Crippen molar-refractivity contribution < 1.29 is 14.3 Å². The SMILES string of the molecule is CCCCOc1ccc(/C=C/C(=O)N2CCCN(Cc3ccc(C#N)cc3)CC2)cc1OC. The van der Waals surface area contributed by atoms with E-state index in [2.05, 4.69) is 17.9 Å². The molecular formula is C27H33N3O3. The molecule has 1 amide bonds. The van der Waals surface area contributed by atoms with Crippen LogP contribution in [-0.4, -0.2) is 55.6 Å². The maximum atomic E-state index is 12.8. The molecule has 0 bridgehead atoms. The molecule has 0 radical (unpaired) electrons. The quantitative estimate of drug-likeness (QED) is 0.418. The maximum absolute atomic E-state index is 12.8. The van der Waals surface area contributed by atoms with E-state index in [4.69, 9.17) is 14.7 Å². The lowest BCUT2D eigenvalue weighted by atomic mass is 10.1. The highest BCUT2D eigenvalue weighted by molar-refractivity contribution is 5.91. The molecule has 0 spiro atoms. The van der Waals surface area contributed by atoms with Crippen molar-refractivity contribution >= 4 is 12.0 Å². The number of nitriles is 1. The Bertz CT molecular complexity index is 979. The molecule has 1 fully saturated rings. The summed E-state index contributed by atoms with van der Waals surface area (Å²) in [7, 11) is 1.63. The summed E-state index contributed by atoms with van der Waals surface area (Å²) in [6.45, 7) is 6.85. The van der Waals surface area contributed by atoms with Gasteiger partial charge in [-0.1, -0.05) is 31.5 Å². The summed E-state index contributed by atoms with van der Waals surface area (Å²) in [5, 5.41) is 8.95. The van der Waals surface area contributed by atoms with E-state index in [1.807, 2.05) is 53.4 Å². The Morgan fingerprint density at radius 2 is 1.91 bits per heavy atom. The Labute approximate surface area is 197 Å². The van der Waals surface area contributed by atoms with Crippen LogP contribution in [0.15, 0.2) is 48.5 Å². The molecule has 1 heterocycles. The number of benzene rings is 2. The minimum Gasteiger partial charge on any atom is -0.493 e. The van der Waals surface area contributed by atoms with E-state index in [-0.39, 0.29) is 5.91 Å². The van der Waals surface area contributed by atoms with Gasteiger partial charge in [0.25, 0.3) is 0 Å². The molecule has 0 aromatic heterocycles. The summed E-state index contributed by atoms with van der Waals surface area (Å²) in [5.74, 6) is 1.43. The largest absolute Gasteiger partial charge is 0.493 e. The first-order valence-corrected chi connectivity index (χ1v) is 11.6. The van der Waals surface area contributed by atoms with E-state index >= 15 is 0 Å². The first-order chi connectivity index (χ1) is 16.1. The molecule has 2 aromatic rings. The number of unbranched alkanes of at least 4 members (excludes halogenated alkanes) is 1. The zero-order valence-corrected chi connectivity index (χ0v) is 19.6. The average Bonchev–Trinajstić information content (AvgIpc) is 3.09. The Morgan fingerprint density at radius 1 is 1.09 bits per heavy atom. The first-order valence-electron chi connectivity index (χ1n) is 11.6. The molecule has 0 N–H and O–H groups in total. The van der Waals surface area contributed by atoms with Crippen molar-refractivity contribution in [1.29, 1.82) is 5.26 Å². The third-order valence-electron chi connectivity index (χ3n) is 5.75. The molecule has 33 heavy (non-hydrogen) atoms. The lowest BCUT2D eigenvalue weighted by molar-refractivity contribution is -0.125. The Kier molecular flexibility index (Phi) is 9.34. The smallest absolute Gasteiger partial charge is 0.246 e. The number of hydrogen-bond donors (Lipinski definition) is 0. The predicted molar refractivity (Wildman–Crippen MR) is 130 cm³/mol. The second-order valence-electron chi connectivity index (χ2n) is 8.21. The highest BCUT2D eigenvalue weighted by atomic mass is 16.5. The van der Waals surface area contributed by atoms with Crippen molar-refractivity contribution in [2.24, 2.45) is 0 Å². The summed E-state index contributed by atoms with van der Waals surface area (Å²) >= 11 is 0. The van der Waals surface area contributed by atoms with Gasteiger partial charge in [0.15, 0.2) is 11.5 Å². The van der Waals surface area contributed by atoms with Gasteiger partial charge in [0.1, 0.15) is 0 Å². The van der Waals surface area contributed by atoms with Crippen molar-refractivity contribution in [2.75, 3.05) is 39.9 Å². The number of rotatable bonds is 9. The highest BCUT2D eigenvalue weighted by Crippen LogP contribution is 2.28. The van der Waals surface area contributed by atoms with Crippen molar-refractivity contribution in [1.82, 2.24) is 9.80 Å². The summed E-state index contributed by atoms with van der Waals surface area (Å²) in [6.07, 6.45) is 6.49. The van der Waals surface area contributed by atoms with E-state index in [0.717, 1.165) is 56.8 Å². The minimum atomic E-state index is 0.0254.